The summed E-state index contributed by atoms with van der Waals surface area (Å²) in [4.78, 5) is 0. The normalized spacial score (nSPS) is 26.2. The van der Waals surface area contributed by atoms with Crippen LogP contribution in [0.2, 0.25) is 0 Å². The highest BCUT2D eigenvalue weighted by atomic mass is 16.5. The van der Waals surface area contributed by atoms with Crippen LogP contribution in [0.15, 0.2) is 24.3 Å². The highest BCUT2D eigenvalue weighted by Gasteiger charge is 2.50. The van der Waals surface area contributed by atoms with Crippen molar-refractivity contribution in [2.24, 2.45) is 5.41 Å². The van der Waals surface area contributed by atoms with Crippen molar-refractivity contribution in [1.29, 1.82) is 5.26 Å². The lowest BCUT2D eigenvalue weighted by Gasteiger charge is -2.42. The maximum atomic E-state index is 10.9. The van der Waals surface area contributed by atoms with Crippen LogP contribution in [-0.2, 0) is 10.3 Å². The van der Waals surface area contributed by atoms with Crippen molar-refractivity contribution >= 4 is 0 Å². The van der Waals surface area contributed by atoms with E-state index in [4.69, 9.17) is 9.47 Å². The number of hydrogen-bond acceptors (Lipinski definition) is 4. The predicted octanol–water partition coefficient (Wildman–Crippen LogP) is 2.22. The van der Waals surface area contributed by atoms with Crippen LogP contribution in [0.1, 0.15) is 25.3 Å². The number of rotatable bonds is 3. The van der Waals surface area contributed by atoms with Gasteiger partial charge in [-0.3, -0.25) is 0 Å². The molecule has 0 aromatic heterocycles. The Balaban J connectivity index is 2.36. The molecule has 4 heteroatoms. The minimum Gasteiger partial charge on any atom is -0.497 e. The van der Waals surface area contributed by atoms with Gasteiger partial charge in [0.15, 0.2) is 0 Å². The first-order valence-electron chi connectivity index (χ1n) is 6.42. The molecule has 0 spiro atoms. The van der Waals surface area contributed by atoms with Crippen LogP contribution < -0.4 is 4.74 Å². The number of benzene rings is 1. The summed E-state index contributed by atoms with van der Waals surface area (Å²) >= 11 is 0. The Morgan fingerprint density at radius 1 is 1.42 bits per heavy atom. The molecule has 1 saturated heterocycles. The Kier molecular flexibility index (Phi) is 3.79. The summed E-state index contributed by atoms with van der Waals surface area (Å²) in [5.74, 6) is 0.727. The maximum absolute atomic E-state index is 10.9. The minimum atomic E-state index is -1.24. The average molecular weight is 261 g/mol. The molecular weight excluding hydrogens is 242 g/mol. The molecule has 0 saturated carbocycles. The molecule has 1 aliphatic rings. The van der Waals surface area contributed by atoms with Gasteiger partial charge in [0.05, 0.1) is 19.8 Å². The molecule has 1 N–H and O–H groups in total. The molecule has 1 heterocycles. The second-order valence-electron chi connectivity index (χ2n) is 5.15. The van der Waals surface area contributed by atoms with Gasteiger partial charge in [-0.15, -0.1) is 0 Å². The summed E-state index contributed by atoms with van der Waals surface area (Å²) in [6.45, 7) is 2.61. The van der Waals surface area contributed by atoms with E-state index in [0.717, 1.165) is 12.2 Å². The van der Waals surface area contributed by atoms with Gasteiger partial charge in [0, 0.05) is 6.61 Å². The van der Waals surface area contributed by atoms with Crippen molar-refractivity contribution in [3.8, 4) is 11.8 Å². The standard InChI is InChI=1S/C15H19NO3/c1-14(17,12-4-6-13(18-2)7-5-12)15(10-16)8-3-9-19-11-15/h4-7,17H,3,8-9,11H2,1-2H3. The molecule has 1 aliphatic heterocycles. The van der Waals surface area contributed by atoms with Crippen molar-refractivity contribution in [3.63, 3.8) is 0 Å². The predicted molar refractivity (Wildman–Crippen MR) is 70.7 cm³/mol. The lowest BCUT2D eigenvalue weighted by Crippen LogP contribution is -2.48. The first-order valence-corrected chi connectivity index (χ1v) is 6.42. The van der Waals surface area contributed by atoms with Crippen molar-refractivity contribution in [2.75, 3.05) is 20.3 Å². The monoisotopic (exact) mass is 261 g/mol. The van der Waals surface area contributed by atoms with Gasteiger partial charge >= 0.3 is 0 Å². The van der Waals surface area contributed by atoms with Crippen molar-refractivity contribution in [1.82, 2.24) is 0 Å². The molecule has 2 unspecified atom stereocenters. The highest BCUT2D eigenvalue weighted by Crippen LogP contribution is 2.45. The van der Waals surface area contributed by atoms with Gasteiger partial charge in [-0.25, -0.2) is 0 Å². The second kappa shape index (κ2) is 5.20. The van der Waals surface area contributed by atoms with E-state index in [2.05, 4.69) is 6.07 Å². The van der Waals surface area contributed by atoms with Crippen LogP contribution >= 0.6 is 0 Å². The third kappa shape index (κ3) is 2.32. The fraction of sp³-hybridized carbons (Fsp3) is 0.533. The zero-order chi connectivity index (χ0) is 13.9. The summed E-state index contributed by atoms with van der Waals surface area (Å²) in [6, 6.07) is 9.46. The van der Waals surface area contributed by atoms with Gasteiger partial charge in [0.1, 0.15) is 16.8 Å². The van der Waals surface area contributed by atoms with E-state index in [1.165, 1.54) is 0 Å². The number of aliphatic hydroxyl groups is 1. The quantitative estimate of drug-likeness (QED) is 0.906. The van der Waals surface area contributed by atoms with Crippen LogP contribution in [-0.4, -0.2) is 25.4 Å². The molecule has 19 heavy (non-hydrogen) atoms. The van der Waals surface area contributed by atoms with Crippen LogP contribution in [0.4, 0.5) is 0 Å². The zero-order valence-corrected chi connectivity index (χ0v) is 11.3. The molecule has 1 fully saturated rings. The fourth-order valence-electron chi connectivity index (χ4n) is 2.57. The Labute approximate surface area is 113 Å². The molecule has 0 radical (unpaired) electrons. The smallest absolute Gasteiger partial charge is 0.118 e. The molecule has 0 aliphatic carbocycles. The maximum Gasteiger partial charge on any atom is 0.118 e. The average Bonchev–Trinajstić information content (AvgIpc) is 2.47. The van der Waals surface area contributed by atoms with Crippen LogP contribution in [0.25, 0.3) is 0 Å². The molecule has 0 amide bonds. The van der Waals surface area contributed by atoms with Gasteiger partial charge in [-0.2, -0.15) is 5.26 Å². The van der Waals surface area contributed by atoms with Gasteiger partial charge in [0.25, 0.3) is 0 Å². The molecule has 2 atom stereocenters. The number of hydrogen-bond donors (Lipinski definition) is 1. The number of nitriles is 1. The van der Waals surface area contributed by atoms with Gasteiger partial charge in [0.2, 0.25) is 0 Å². The van der Waals surface area contributed by atoms with E-state index in [0.29, 0.717) is 18.6 Å². The first-order chi connectivity index (χ1) is 9.05. The van der Waals surface area contributed by atoms with E-state index >= 15 is 0 Å². The first kappa shape index (κ1) is 13.9. The third-order valence-electron chi connectivity index (χ3n) is 4.04. The summed E-state index contributed by atoms with van der Waals surface area (Å²) in [5.41, 5.74) is -1.42. The van der Waals surface area contributed by atoms with Crippen molar-refractivity contribution in [3.05, 3.63) is 29.8 Å². The minimum absolute atomic E-state index is 0.266. The van der Waals surface area contributed by atoms with Crippen LogP contribution in [0.5, 0.6) is 5.75 Å². The number of methoxy groups -OCH3 is 1. The second-order valence-corrected chi connectivity index (χ2v) is 5.15. The van der Waals surface area contributed by atoms with Gasteiger partial charge < -0.3 is 14.6 Å². The van der Waals surface area contributed by atoms with Crippen molar-refractivity contribution < 1.29 is 14.6 Å². The summed E-state index contributed by atoms with van der Waals surface area (Å²) < 4.78 is 10.5. The Hall–Kier alpha value is -1.57. The molecule has 0 bridgehead atoms. The summed E-state index contributed by atoms with van der Waals surface area (Å²) in [6.07, 6.45) is 1.43. The van der Waals surface area contributed by atoms with E-state index < -0.39 is 11.0 Å². The van der Waals surface area contributed by atoms with E-state index in [-0.39, 0.29) is 6.61 Å². The van der Waals surface area contributed by atoms with Gasteiger partial charge in [-0.1, -0.05) is 12.1 Å². The van der Waals surface area contributed by atoms with Crippen LogP contribution in [0, 0.1) is 16.7 Å². The van der Waals surface area contributed by atoms with E-state index in [1.807, 2.05) is 0 Å². The molecule has 102 valence electrons. The van der Waals surface area contributed by atoms with E-state index in [9.17, 15) is 10.4 Å². The lowest BCUT2D eigenvalue weighted by atomic mass is 9.67. The summed E-state index contributed by atoms with van der Waals surface area (Å²) in [5, 5.41) is 20.4. The van der Waals surface area contributed by atoms with Crippen molar-refractivity contribution in [2.45, 2.75) is 25.4 Å². The molecule has 1 aromatic carbocycles. The number of nitrogens with zero attached hydrogens (tertiary/aromatic N) is 1. The number of ether oxygens (including phenoxy) is 2. The molecule has 4 nitrogen and oxygen atoms in total. The van der Waals surface area contributed by atoms with Crippen LogP contribution in [0.3, 0.4) is 0 Å². The molecule has 1 aromatic rings. The molecular formula is C15H19NO3. The Morgan fingerprint density at radius 2 is 2.11 bits per heavy atom. The largest absolute Gasteiger partial charge is 0.497 e. The van der Waals surface area contributed by atoms with Gasteiger partial charge in [-0.05, 0) is 37.5 Å². The highest BCUT2D eigenvalue weighted by molar-refractivity contribution is 5.34. The topological polar surface area (TPSA) is 62.5 Å². The Bertz CT molecular complexity index is 467. The third-order valence-corrected chi connectivity index (χ3v) is 4.04. The lowest BCUT2D eigenvalue weighted by molar-refractivity contribution is -0.113. The zero-order valence-electron chi connectivity index (χ0n) is 11.3. The molecule has 2 rings (SSSR count). The van der Waals surface area contributed by atoms with E-state index in [1.54, 1.807) is 38.3 Å². The fourth-order valence-corrected chi connectivity index (χ4v) is 2.57. The summed E-state index contributed by atoms with van der Waals surface area (Å²) in [7, 11) is 1.60. The Morgan fingerprint density at radius 3 is 2.58 bits per heavy atom. The SMILES string of the molecule is COc1ccc(C(C)(O)C2(C#N)CCCOC2)cc1.